The third-order valence-corrected chi connectivity index (χ3v) is 3.70. The number of nitrogens with zero attached hydrogens (tertiary/aromatic N) is 2. The van der Waals surface area contributed by atoms with Crippen LogP contribution in [0.1, 0.15) is 23.0 Å². The number of amides is 1. The SMILES string of the molecule is COC(=O)C(C)CN(Cc1ccco1)C(=O)c1cncc(Br)c1. The summed E-state index contributed by atoms with van der Waals surface area (Å²) in [5.41, 5.74) is 0.433. The van der Waals surface area contributed by atoms with Gasteiger partial charge in [-0.1, -0.05) is 6.92 Å². The van der Waals surface area contributed by atoms with Gasteiger partial charge >= 0.3 is 5.97 Å². The average Bonchev–Trinajstić information content (AvgIpc) is 3.05. The summed E-state index contributed by atoms with van der Waals surface area (Å²) in [6.45, 7) is 2.20. The lowest BCUT2D eigenvalue weighted by Crippen LogP contribution is -2.36. The second-order valence-corrected chi connectivity index (χ2v) is 6.00. The Morgan fingerprint density at radius 2 is 2.22 bits per heavy atom. The van der Waals surface area contributed by atoms with E-state index in [2.05, 4.69) is 20.9 Å². The molecule has 23 heavy (non-hydrogen) atoms. The van der Waals surface area contributed by atoms with Crippen LogP contribution < -0.4 is 0 Å². The zero-order valence-corrected chi connectivity index (χ0v) is 14.4. The lowest BCUT2D eigenvalue weighted by molar-refractivity contribution is -0.145. The molecule has 7 heteroatoms. The van der Waals surface area contributed by atoms with Gasteiger partial charge in [0.1, 0.15) is 5.76 Å². The predicted octanol–water partition coefficient (Wildman–Crippen LogP) is 2.89. The van der Waals surface area contributed by atoms with E-state index in [1.165, 1.54) is 13.3 Å². The van der Waals surface area contributed by atoms with Crippen molar-refractivity contribution in [1.29, 1.82) is 0 Å². The van der Waals surface area contributed by atoms with Crippen LogP contribution in [0.25, 0.3) is 0 Å². The highest BCUT2D eigenvalue weighted by molar-refractivity contribution is 9.10. The van der Waals surface area contributed by atoms with Gasteiger partial charge in [-0.2, -0.15) is 0 Å². The summed E-state index contributed by atoms with van der Waals surface area (Å²) in [4.78, 5) is 30.0. The van der Waals surface area contributed by atoms with Crippen molar-refractivity contribution in [1.82, 2.24) is 9.88 Å². The molecule has 6 nitrogen and oxygen atoms in total. The van der Waals surface area contributed by atoms with Crippen LogP contribution in [0.2, 0.25) is 0 Å². The van der Waals surface area contributed by atoms with Crippen LogP contribution in [0.15, 0.2) is 45.7 Å². The van der Waals surface area contributed by atoms with Crippen LogP contribution in [0, 0.1) is 5.92 Å². The third-order valence-electron chi connectivity index (χ3n) is 3.26. The number of ether oxygens (including phenoxy) is 1. The Morgan fingerprint density at radius 1 is 1.43 bits per heavy atom. The summed E-state index contributed by atoms with van der Waals surface area (Å²) in [7, 11) is 1.33. The van der Waals surface area contributed by atoms with Gasteiger partial charge in [-0.25, -0.2) is 0 Å². The molecular weight excluding hydrogens is 364 g/mol. The van der Waals surface area contributed by atoms with Crippen LogP contribution in [0.4, 0.5) is 0 Å². The summed E-state index contributed by atoms with van der Waals surface area (Å²) in [5, 5.41) is 0. The Hall–Kier alpha value is -2.15. The number of carbonyl (C=O) groups is 2. The minimum Gasteiger partial charge on any atom is -0.469 e. The third kappa shape index (κ3) is 4.66. The molecule has 1 amide bonds. The molecule has 0 fully saturated rings. The van der Waals surface area contributed by atoms with E-state index in [1.807, 2.05) is 0 Å². The fourth-order valence-corrected chi connectivity index (χ4v) is 2.49. The van der Waals surface area contributed by atoms with Crippen molar-refractivity contribution < 1.29 is 18.7 Å². The summed E-state index contributed by atoms with van der Waals surface area (Å²) < 4.78 is 10.8. The number of aromatic nitrogens is 1. The fraction of sp³-hybridized carbons (Fsp3) is 0.312. The second-order valence-electron chi connectivity index (χ2n) is 5.08. The number of furan rings is 1. The van der Waals surface area contributed by atoms with E-state index < -0.39 is 5.92 Å². The molecule has 0 spiro atoms. The van der Waals surface area contributed by atoms with Crippen molar-refractivity contribution in [3.8, 4) is 0 Å². The number of methoxy groups -OCH3 is 1. The number of hydrogen-bond acceptors (Lipinski definition) is 5. The van der Waals surface area contributed by atoms with E-state index in [4.69, 9.17) is 9.15 Å². The number of pyridine rings is 1. The maximum Gasteiger partial charge on any atom is 0.310 e. The molecule has 1 atom stereocenters. The summed E-state index contributed by atoms with van der Waals surface area (Å²) in [6, 6.07) is 5.22. The van der Waals surface area contributed by atoms with E-state index in [0.717, 1.165) is 0 Å². The molecule has 0 radical (unpaired) electrons. The lowest BCUT2D eigenvalue weighted by atomic mass is 10.1. The van der Waals surface area contributed by atoms with Crippen LogP contribution in [0.3, 0.4) is 0 Å². The van der Waals surface area contributed by atoms with Gasteiger partial charge in [0, 0.05) is 23.4 Å². The molecule has 1 unspecified atom stereocenters. The molecule has 0 bridgehead atoms. The van der Waals surface area contributed by atoms with Gasteiger partial charge < -0.3 is 14.1 Å². The van der Waals surface area contributed by atoms with Gasteiger partial charge in [0.2, 0.25) is 0 Å². The minimum absolute atomic E-state index is 0.221. The molecule has 0 aliphatic carbocycles. The van der Waals surface area contributed by atoms with E-state index in [0.29, 0.717) is 15.8 Å². The average molecular weight is 381 g/mol. The van der Waals surface area contributed by atoms with Crippen LogP contribution in [0.5, 0.6) is 0 Å². The number of hydrogen-bond donors (Lipinski definition) is 0. The van der Waals surface area contributed by atoms with Crippen molar-refractivity contribution in [2.75, 3.05) is 13.7 Å². The summed E-state index contributed by atoms with van der Waals surface area (Å²) in [6.07, 6.45) is 4.64. The van der Waals surface area contributed by atoms with Gasteiger partial charge in [-0.3, -0.25) is 14.6 Å². The normalized spacial score (nSPS) is 11.8. The first-order chi connectivity index (χ1) is 11.0. The van der Waals surface area contributed by atoms with Crippen molar-refractivity contribution in [3.63, 3.8) is 0 Å². The fourth-order valence-electron chi connectivity index (χ4n) is 2.13. The number of halogens is 1. The van der Waals surface area contributed by atoms with E-state index in [-0.39, 0.29) is 25.0 Å². The Bertz CT molecular complexity index is 672. The van der Waals surface area contributed by atoms with Crippen LogP contribution in [-0.2, 0) is 16.1 Å². The molecule has 0 aliphatic rings. The molecule has 0 saturated carbocycles. The second kappa shape index (κ2) is 7.92. The van der Waals surface area contributed by atoms with Crippen LogP contribution in [-0.4, -0.2) is 35.4 Å². The van der Waals surface area contributed by atoms with Crippen LogP contribution >= 0.6 is 15.9 Å². The van der Waals surface area contributed by atoms with Gasteiger partial charge in [-0.05, 0) is 34.1 Å². The molecule has 2 aromatic heterocycles. The molecule has 2 heterocycles. The van der Waals surface area contributed by atoms with Crippen molar-refractivity contribution >= 4 is 27.8 Å². The zero-order chi connectivity index (χ0) is 16.8. The molecule has 0 N–H and O–H groups in total. The number of carbonyl (C=O) groups excluding carboxylic acids is 2. The maximum atomic E-state index is 12.7. The molecule has 0 saturated heterocycles. The topological polar surface area (TPSA) is 72.6 Å². The highest BCUT2D eigenvalue weighted by atomic mass is 79.9. The smallest absolute Gasteiger partial charge is 0.310 e. The van der Waals surface area contributed by atoms with Crippen molar-refractivity contribution in [2.24, 2.45) is 5.92 Å². The number of rotatable bonds is 6. The molecule has 0 aliphatic heterocycles. The van der Waals surface area contributed by atoms with Gasteiger partial charge in [-0.15, -0.1) is 0 Å². The Morgan fingerprint density at radius 3 is 2.83 bits per heavy atom. The van der Waals surface area contributed by atoms with E-state index in [9.17, 15) is 9.59 Å². The Labute approximate surface area is 142 Å². The quantitative estimate of drug-likeness (QED) is 0.720. The number of esters is 1. The van der Waals surface area contributed by atoms with Crippen molar-refractivity contribution in [2.45, 2.75) is 13.5 Å². The first kappa shape index (κ1) is 17.2. The lowest BCUT2D eigenvalue weighted by Gasteiger charge is -2.24. The molecule has 2 aromatic rings. The monoisotopic (exact) mass is 380 g/mol. The Balaban J connectivity index is 2.21. The molecular formula is C16H17BrN2O4. The summed E-state index contributed by atoms with van der Waals surface area (Å²) in [5.74, 6) is -0.405. The highest BCUT2D eigenvalue weighted by Gasteiger charge is 2.23. The Kier molecular flexibility index (Phi) is 5.92. The van der Waals surface area contributed by atoms with Crippen molar-refractivity contribution in [3.05, 3.63) is 52.7 Å². The minimum atomic E-state index is -0.445. The maximum absolute atomic E-state index is 12.7. The predicted molar refractivity (Wildman–Crippen MR) is 86.6 cm³/mol. The van der Waals surface area contributed by atoms with E-state index >= 15 is 0 Å². The molecule has 2 rings (SSSR count). The zero-order valence-electron chi connectivity index (χ0n) is 12.9. The highest BCUT2D eigenvalue weighted by Crippen LogP contribution is 2.16. The standard InChI is InChI=1S/C16H17BrN2O4/c1-11(16(21)22-2)9-19(10-14-4-3-5-23-14)15(20)12-6-13(17)8-18-7-12/h3-8,11H,9-10H2,1-2H3. The van der Waals surface area contributed by atoms with Gasteiger partial charge in [0.05, 0.1) is 31.4 Å². The summed E-state index contributed by atoms with van der Waals surface area (Å²) >= 11 is 3.30. The largest absolute Gasteiger partial charge is 0.469 e. The molecule has 0 aromatic carbocycles. The first-order valence-corrected chi connectivity index (χ1v) is 7.80. The van der Waals surface area contributed by atoms with Gasteiger partial charge in [0.15, 0.2) is 0 Å². The van der Waals surface area contributed by atoms with E-state index in [1.54, 1.807) is 42.5 Å². The first-order valence-electron chi connectivity index (χ1n) is 7.01. The van der Waals surface area contributed by atoms with Gasteiger partial charge in [0.25, 0.3) is 5.91 Å². The molecule has 122 valence electrons.